The minimum absolute atomic E-state index is 0.124. The van der Waals surface area contributed by atoms with Crippen molar-refractivity contribution in [2.45, 2.75) is 16.7 Å². The number of rotatable bonds is 4. The second kappa shape index (κ2) is 6.01. The standard InChI is InChI=1S/C11H9Cl2N3O3S/c1-15-6(5-17)4-14-11(15)20-10-3-8(13)7(12)2-9(10)16(18)19/h2-4,17H,5H2,1H3. The van der Waals surface area contributed by atoms with Gasteiger partial charge in [0.2, 0.25) is 0 Å². The Hall–Kier alpha value is -1.28. The van der Waals surface area contributed by atoms with E-state index in [9.17, 15) is 10.1 Å². The van der Waals surface area contributed by atoms with Crippen LogP contribution in [0.25, 0.3) is 0 Å². The summed E-state index contributed by atoms with van der Waals surface area (Å²) in [6.07, 6.45) is 1.51. The van der Waals surface area contributed by atoms with E-state index in [1.54, 1.807) is 11.6 Å². The summed E-state index contributed by atoms with van der Waals surface area (Å²) < 4.78 is 1.65. The van der Waals surface area contributed by atoms with Crippen LogP contribution in [0.5, 0.6) is 0 Å². The highest BCUT2D eigenvalue weighted by atomic mass is 35.5. The summed E-state index contributed by atoms with van der Waals surface area (Å²) in [7, 11) is 1.71. The fourth-order valence-corrected chi connectivity index (χ4v) is 2.87. The van der Waals surface area contributed by atoms with E-state index in [1.165, 1.54) is 18.3 Å². The van der Waals surface area contributed by atoms with Crippen molar-refractivity contribution >= 4 is 40.7 Å². The SMILES string of the molecule is Cn1c(CO)cnc1Sc1cc(Cl)c(Cl)cc1[N+](=O)[O-]. The number of nitro groups is 1. The Balaban J connectivity index is 2.44. The van der Waals surface area contributed by atoms with E-state index < -0.39 is 4.92 Å². The van der Waals surface area contributed by atoms with Crippen LogP contribution < -0.4 is 0 Å². The van der Waals surface area contributed by atoms with Gasteiger partial charge < -0.3 is 9.67 Å². The van der Waals surface area contributed by atoms with E-state index in [4.69, 9.17) is 28.3 Å². The number of aromatic nitrogens is 2. The Morgan fingerprint density at radius 1 is 1.45 bits per heavy atom. The number of aliphatic hydroxyl groups is 1. The lowest BCUT2D eigenvalue weighted by Gasteiger charge is -2.06. The molecule has 2 aromatic rings. The van der Waals surface area contributed by atoms with Crippen LogP contribution in [-0.4, -0.2) is 19.6 Å². The number of benzene rings is 1. The summed E-state index contributed by atoms with van der Waals surface area (Å²) in [6.45, 7) is -0.159. The van der Waals surface area contributed by atoms with Crippen molar-refractivity contribution in [2.75, 3.05) is 0 Å². The number of aliphatic hydroxyl groups excluding tert-OH is 1. The zero-order chi connectivity index (χ0) is 14.9. The van der Waals surface area contributed by atoms with Gasteiger partial charge in [-0.15, -0.1) is 0 Å². The maximum absolute atomic E-state index is 11.0. The van der Waals surface area contributed by atoms with Crippen LogP contribution in [0.4, 0.5) is 5.69 Å². The first-order valence-corrected chi connectivity index (χ1v) is 6.94. The predicted molar refractivity (Wildman–Crippen MR) is 76.4 cm³/mol. The van der Waals surface area contributed by atoms with Gasteiger partial charge in [-0.1, -0.05) is 23.2 Å². The van der Waals surface area contributed by atoms with E-state index in [1.807, 2.05) is 0 Å². The maximum atomic E-state index is 11.0. The van der Waals surface area contributed by atoms with Gasteiger partial charge in [0.15, 0.2) is 5.16 Å². The molecule has 0 saturated heterocycles. The quantitative estimate of drug-likeness (QED) is 0.685. The molecule has 1 aromatic carbocycles. The molecule has 2 rings (SSSR count). The Kier molecular flexibility index (Phi) is 4.54. The molecule has 0 amide bonds. The number of nitrogens with zero attached hydrogens (tertiary/aromatic N) is 3. The molecule has 0 aliphatic rings. The molecule has 6 nitrogen and oxygen atoms in total. The van der Waals surface area contributed by atoms with Gasteiger partial charge in [-0.3, -0.25) is 10.1 Å². The second-order valence-electron chi connectivity index (χ2n) is 3.84. The Bertz CT molecular complexity index is 675. The molecular weight excluding hydrogens is 325 g/mol. The highest BCUT2D eigenvalue weighted by Crippen LogP contribution is 2.39. The number of halogens is 2. The Morgan fingerprint density at radius 3 is 2.65 bits per heavy atom. The molecule has 0 radical (unpaired) electrons. The van der Waals surface area contributed by atoms with Crippen molar-refractivity contribution in [3.8, 4) is 0 Å². The average molecular weight is 334 g/mol. The van der Waals surface area contributed by atoms with E-state index in [2.05, 4.69) is 4.98 Å². The molecule has 0 fully saturated rings. The molecule has 0 aliphatic heterocycles. The number of hydrogen-bond donors (Lipinski definition) is 1. The fraction of sp³-hybridized carbons (Fsp3) is 0.182. The monoisotopic (exact) mass is 333 g/mol. The maximum Gasteiger partial charge on any atom is 0.284 e. The summed E-state index contributed by atoms with van der Waals surface area (Å²) in [4.78, 5) is 15.0. The van der Waals surface area contributed by atoms with Crippen molar-refractivity contribution in [2.24, 2.45) is 7.05 Å². The second-order valence-corrected chi connectivity index (χ2v) is 5.67. The number of nitro benzene ring substituents is 1. The van der Waals surface area contributed by atoms with Gasteiger partial charge in [0, 0.05) is 13.1 Å². The van der Waals surface area contributed by atoms with Gasteiger partial charge in [0.25, 0.3) is 5.69 Å². The van der Waals surface area contributed by atoms with Crippen molar-refractivity contribution in [3.63, 3.8) is 0 Å². The van der Waals surface area contributed by atoms with Crippen LogP contribution >= 0.6 is 35.0 Å². The fourth-order valence-electron chi connectivity index (χ4n) is 1.51. The third-order valence-electron chi connectivity index (χ3n) is 2.60. The normalized spacial score (nSPS) is 10.8. The van der Waals surface area contributed by atoms with Crippen molar-refractivity contribution < 1.29 is 10.0 Å². The summed E-state index contributed by atoms with van der Waals surface area (Å²) >= 11 is 12.8. The third-order valence-corrected chi connectivity index (χ3v) is 4.43. The van der Waals surface area contributed by atoms with Gasteiger partial charge in [0.05, 0.1) is 38.4 Å². The molecule has 0 atom stereocenters. The van der Waals surface area contributed by atoms with Crippen LogP contribution in [0.3, 0.4) is 0 Å². The molecule has 0 aliphatic carbocycles. The van der Waals surface area contributed by atoms with Crippen molar-refractivity contribution in [1.82, 2.24) is 9.55 Å². The Morgan fingerprint density at radius 2 is 2.10 bits per heavy atom. The molecule has 0 spiro atoms. The van der Waals surface area contributed by atoms with Crippen LogP contribution in [0.2, 0.25) is 10.0 Å². The minimum atomic E-state index is -0.527. The molecule has 0 saturated carbocycles. The molecular formula is C11H9Cl2N3O3S. The lowest BCUT2D eigenvalue weighted by atomic mass is 10.3. The summed E-state index contributed by atoms with van der Waals surface area (Å²) in [5, 5.41) is 21.0. The smallest absolute Gasteiger partial charge is 0.284 e. The first-order chi connectivity index (χ1) is 9.43. The van der Waals surface area contributed by atoms with Gasteiger partial charge in [-0.2, -0.15) is 0 Å². The molecule has 0 bridgehead atoms. The van der Waals surface area contributed by atoms with E-state index in [0.717, 1.165) is 11.8 Å². The molecule has 106 valence electrons. The first-order valence-electron chi connectivity index (χ1n) is 5.36. The topological polar surface area (TPSA) is 81.2 Å². The van der Waals surface area contributed by atoms with Crippen LogP contribution in [0.15, 0.2) is 28.4 Å². The van der Waals surface area contributed by atoms with Gasteiger partial charge >= 0.3 is 0 Å². The van der Waals surface area contributed by atoms with E-state index in [0.29, 0.717) is 15.7 Å². The first kappa shape index (κ1) is 15.1. The minimum Gasteiger partial charge on any atom is -0.390 e. The van der Waals surface area contributed by atoms with Crippen LogP contribution in [0.1, 0.15) is 5.69 Å². The average Bonchev–Trinajstić information content (AvgIpc) is 2.74. The number of imidazole rings is 1. The summed E-state index contributed by atoms with van der Waals surface area (Å²) in [5.74, 6) is 0. The van der Waals surface area contributed by atoms with Crippen LogP contribution in [-0.2, 0) is 13.7 Å². The highest BCUT2D eigenvalue weighted by molar-refractivity contribution is 7.99. The van der Waals surface area contributed by atoms with Gasteiger partial charge in [-0.25, -0.2) is 4.98 Å². The predicted octanol–water partition coefficient (Wildman–Crippen LogP) is 3.28. The zero-order valence-corrected chi connectivity index (χ0v) is 12.5. The van der Waals surface area contributed by atoms with E-state index in [-0.39, 0.29) is 22.3 Å². The van der Waals surface area contributed by atoms with Crippen molar-refractivity contribution in [1.29, 1.82) is 0 Å². The van der Waals surface area contributed by atoms with Crippen LogP contribution in [0, 0.1) is 10.1 Å². The van der Waals surface area contributed by atoms with Crippen molar-refractivity contribution in [3.05, 3.63) is 44.2 Å². The summed E-state index contributed by atoms with van der Waals surface area (Å²) in [6, 6.07) is 2.64. The lowest BCUT2D eigenvalue weighted by molar-refractivity contribution is -0.387. The largest absolute Gasteiger partial charge is 0.390 e. The molecule has 1 heterocycles. The molecule has 1 N–H and O–H groups in total. The zero-order valence-electron chi connectivity index (χ0n) is 10.2. The number of hydrogen-bond acceptors (Lipinski definition) is 5. The summed E-state index contributed by atoms with van der Waals surface area (Å²) in [5.41, 5.74) is 0.466. The van der Waals surface area contributed by atoms with Gasteiger partial charge in [-0.05, 0) is 17.8 Å². The van der Waals surface area contributed by atoms with Gasteiger partial charge in [0.1, 0.15) is 0 Å². The molecule has 9 heteroatoms. The molecule has 20 heavy (non-hydrogen) atoms. The lowest BCUT2D eigenvalue weighted by Crippen LogP contribution is -1.98. The highest BCUT2D eigenvalue weighted by Gasteiger charge is 2.20. The Labute approximate surface area is 128 Å². The molecule has 0 unspecified atom stereocenters. The molecule has 1 aromatic heterocycles. The van der Waals surface area contributed by atoms with E-state index >= 15 is 0 Å². The third kappa shape index (κ3) is 2.90.